The van der Waals surface area contributed by atoms with E-state index in [0.717, 1.165) is 19.3 Å². The van der Waals surface area contributed by atoms with E-state index in [-0.39, 0.29) is 11.8 Å². The van der Waals surface area contributed by atoms with Crippen molar-refractivity contribution in [3.63, 3.8) is 0 Å². The summed E-state index contributed by atoms with van der Waals surface area (Å²) in [6.45, 7) is 0.991. The van der Waals surface area contributed by atoms with Crippen LogP contribution in [0, 0.1) is 5.92 Å². The summed E-state index contributed by atoms with van der Waals surface area (Å²) in [6.07, 6.45) is 2.64. The van der Waals surface area contributed by atoms with Crippen molar-refractivity contribution in [1.29, 1.82) is 0 Å². The van der Waals surface area contributed by atoms with E-state index in [2.05, 4.69) is 10.6 Å². The van der Waals surface area contributed by atoms with E-state index in [9.17, 15) is 14.7 Å². The maximum atomic E-state index is 11.8. The SMILES string of the molecule is O=C(NCCCNC(=O)C(O)c1ccccc1)C1CCC1. The minimum Gasteiger partial charge on any atom is -0.378 e. The Hall–Kier alpha value is -1.88. The molecule has 1 aliphatic rings. The van der Waals surface area contributed by atoms with Gasteiger partial charge in [-0.15, -0.1) is 0 Å². The van der Waals surface area contributed by atoms with Crippen LogP contribution in [0.5, 0.6) is 0 Å². The number of nitrogens with one attached hydrogen (secondary N) is 2. The molecule has 1 atom stereocenters. The van der Waals surface area contributed by atoms with Crippen molar-refractivity contribution < 1.29 is 14.7 Å². The largest absolute Gasteiger partial charge is 0.378 e. The van der Waals surface area contributed by atoms with Gasteiger partial charge in [-0.1, -0.05) is 36.8 Å². The molecule has 114 valence electrons. The van der Waals surface area contributed by atoms with E-state index >= 15 is 0 Å². The highest BCUT2D eigenvalue weighted by atomic mass is 16.3. The summed E-state index contributed by atoms with van der Waals surface area (Å²) in [5, 5.41) is 15.4. The van der Waals surface area contributed by atoms with E-state index < -0.39 is 12.0 Å². The first-order valence-electron chi connectivity index (χ1n) is 7.47. The lowest BCUT2D eigenvalue weighted by molar-refractivity contribution is -0.129. The normalized spacial score (nSPS) is 15.9. The van der Waals surface area contributed by atoms with Crippen LogP contribution in [0.4, 0.5) is 0 Å². The van der Waals surface area contributed by atoms with Gasteiger partial charge < -0.3 is 15.7 Å². The maximum absolute atomic E-state index is 11.8. The Bertz CT molecular complexity index is 472. The molecule has 0 bridgehead atoms. The fourth-order valence-electron chi connectivity index (χ4n) is 2.21. The number of carbonyl (C=O) groups is 2. The summed E-state index contributed by atoms with van der Waals surface area (Å²) < 4.78 is 0. The number of hydrogen-bond acceptors (Lipinski definition) is 3. The van der Waals surface area contributed by atoms with Gasteiger partial charge in [0.25, 0.3) is 5.91 Å². The monoisotopic (exact) mass is 290 g/mol. The third-order valence-corrected chi connectivity index (χ3v) is 3.79. The smallest absolute Gasteiger partial charge is 0.253 e. The minimum absolute atomic E-state index is 0.122. The van der Waals surface area contributed by atoms with Crippen LogP contribution in [-0.4, -0.2) is 30.0 Å². The van der Waals surface area contributed by atoms with Gasteiger partial charge in [0.2, 0.25) is 5.91 Å². The summed E-state index contributed by atoms with van der Waals surface area (Å²) >= 11 is 0. The highest BCUT2D eigenvalue weighted by Gasteiger charge is 2.24. The van der Waals surface area contributed by atoms with Crippen molar-refractivity contribution in [3.8, 4) is 0 Å². The number of hydrogen-bond donors (Lipinski definition) is 3. The molecular weight excluding hydrogens is 268 g/mol. The quantitative estimate of drug-likeness (QED) is 0.659. The Morgan fingerprint density at radius 1 is 1.14 bits per heavy atom. The Kier molecular flexibility index (Phi) is 5.75. The molecule has 3 N–H and O–H groups in total. The number of carbonyl (C=O) groups excluding carboxylic acids is 2. The second-order valence-electron chi connectivity index (χ2n) is 5.38. The van der Waals surface area contributed by atoms with Crippen LogP contribution in [0.25, 0.3) is 0 Å². The third-order valence-electron chi connectivity index (χ3n) is 3.79. The first-order valence-corrected chi connectivity index (χ1v) is 7.47. The second-order valence-corrected chi connectivity index (χ2v) is 5.38. The number of aliphatic hydroxyl groups is 1. The topological polar surface area (TPSA) is 78.4 Å². The highest BCUT2D eigenvalue weighted by Crippen LogP contribution is 2.25. The van der Waals surface area contributed by atoms with E-state index in [0.29, 0.717) is 25.1 Å². The van der Waals surface area contributed by atoms with Crippen LogP contribution in [0.1, 0.15) is 37.4 Å². The summed E-state index contributed by atoms with van der Waals surface area (Å²) in [5.41, 5.74) is 0.577. The van der Waals surface area contributed by atoms with Crippen LogP contribution in [0.3, 0.4) is 0 Å². The number of amides is 2. The first-order chi connectivity index (χ1) is 10.2. The zero-order chi connectivity index (χ0) is 15.1. The molecule has 0 aromatic heterocycles. The molecule has 1 aliphatic carbocycles. The van der Waals surface area contributed by atoms with Gasteiger partial charge in [-0.05, 0) is 24.8 Å². The average molecular weight is 290 g/mol. The fraction of sp³-hybridized carbons (Fsp3) is 0.500. The molecular formula is C16H22N2O3. The third kappa shape index (κ3) is 4.56. The number of benzene rings is 1. The fourth-order valence-corrected chi connectivity index (χ4v) is 2.21. The molecule has 0 aliphatic heterocycles. The van der Waals surface area contributed by atoms with Gasteiger partial charge in [0.05, 0.1) is 0 Å². The van der Waals surface area contributed by atoms with Crippen molar-refractivity contribution in [2.24, 2.45) is 5.92 Å². The maximum Gasteiger partial charge on any atom is 0.253 e. The van der Waals surface area contributed by atoms with Gasteiger partial charge >= 0.3 is 0 Å². The number of aliphatic hydroxyl groups excluding tert-OH is 1. The molecule has 2 amide bonds. The predicted molar refractivity (Wildman–Crippen MR) is 79.4 cm³/mol. The molecule has 5 nitrogen and oxygen atoms in total. The zero-order valence-corrected chi connectivity index (χ0v) is 12.0. The molecule has 0 heterocycles. The average Bonchev–Trinajstić information content (AvgIpc) is 2.45. The van der Waals surface area contributed by atoms with E-state index in [1.54, 1.807) is 24.3 Å². The second kappa shape index (κ2) is 7.78. The predicted octanol–water partition coefficient (Wildman–Crippen LogP) is 1.14. The van der Waals surface area contributed by atoms with E-state index in [1.807, 2.05) is 6.07 Å². The van der Waals surface area contributed by atoms with Crippen molar-refractivity contribution in [2.45, 2.75) is 31.8 Å². The van der Waals surface area contributed by atoms with E-state index in [4.69, 9.17) is 0 Å². The Labute approximate surface area is 124 Å². The van der Waals surface area contributed by atoms with Crippen molar-refractivity contribution in [3.05, 3.63) is 35.9 Å². The van der Waals surface area contributed by atoms with Gasteiger partial charge in [0.1, 0.15) is 0 Å². The summed E-state index contributed by atoms with van der Waals surface area (Å²) in [6, 6.07) is 8.81. The summed E-state index contributed by atoms with van der Waals surface area (Å²) in [4.78, 5) is 23.3. The Morgan fingerprint density at radius 3 is 2.43 bits per heavy atom. The molecule has 1 aromatic rings. The zero-order valence-electron chi connectivity index (χ0n) is 12.0. The highest BCUT2D eigenvalue weighted by molar-refractivity contribution is 5.82. The molecule has 0 radical (unpaired) electrons. The lowest BCUT2D eigenvalue weighted by atomic mass is 9.85. The molecule has 1 saturated carbocycles. The summed E-state index contributed by atoms with van der Waals surface area (Å²) in [5.74, 6) is -0.0945. The van der Waals surface area contributed by atoms with Gasteiger partial charge in [-0.3, -0.25) is 9.59 Å². The minimum atomic E-state index is -1.14. The van der Waals surface area contributed by atoms with Crippen molar-refractivity contribution in [1.82, 2.24) is 10.6 Å². The molecule has 1 aromatic carbocycles. The first kappa shape index (κ1) is 15.5. The lowest BCUT2D eigenvalue weighted by Crippen LogP contribution is -2.36. The molecule has 0 saturated heterocycles. The van der Waals surface area contributed by atoms with Crippen LogP contribution < -0.4 is 10.6 Å². The molecule has 2 rings (SSSR count). The van der Waals surface area contributed by atoms with E-state index in [1.165, 1.54) is 0 Å². The molecule has 1 unspecified atom stereocenters. The summed E-state index contributed by atoms with van der Waals surface area (Å²) in [7, 11) is 0. The van der Waals surface area contributed by atoms with Gasteiger partial charge in [-0.2, -0.15) is 0 Å². The van der Waals surface area contributed by atoms with Crippen LogP contribution >= 0.6 is 0 Å². The molecule has 0 spiro atoms. The van der Waals surface area contributed by atoms with Crippen molar-refractivity contribution >= 4 is 11.8 Å². The number of rotatable bonds is 7. The van der Waals surface area contributed by atoms with Crippen molar-refractivity contribution in [2.75, 3.05) is 13.1 Å². The van der Waals surface area contributed by atoms with Crippen LogP contribution in [-0.2, 0) is 9.59 Å². The molecule has 1 fully saturated rings. The molecule has 21 heavy (non-hydrogen) atoms. The van der Waals surface area contributed by atoms with Gasteiger partial charge in [-0.25, -0.2) is 0 Å². The molecule has 5 heteroatoms. The Morgan fingerprint density at radius 2 is 1.81 bits per heavy atom. The van der Waals surface area contributed by atoms with Crippen LogP contribution in [0.2, 0.25) is 0 Å². The Balaban J connectivity index is 1.59. The lowest BCUT2D eigenvalue weighted by Gasteiger charge is -2.24. The van der Waals surface area contributed by atoms with Crippen LogP contribution in [0.15, 0.2) is 30.3 Å². The standard InChI is InChI=1S/C16H22N2O3/c19-14(12-6-2-1-3-7-12)16(21)18-11-5-10-17-15(20)13-8-4-9-13/h1-3,6-7,13-14,19H,4-5,8-11H2,(H,17,20)(H,18,21). The van der Waals surface area contributed by atoms with Gasteiger partial charge in [0, 0.05) is 19.0 Å². The van der Waals surface area contributed by atoms with Gasteiger partial charge in [0.15, 0.2) is 6.10 Å².